The van der Waals surface area contributed by atoms with Gasteiger partial charge >= 0.3 is 13.5 Å². The van der Waals surface area contributed by atoms with Gasteiger partial charge in [0.1, 0.15) is 6.54 Å². The maximum absolute atomic E-state index is 13.0. The summed E-state index contributed by atoms with van der Waals surface area (Å²) in [5.41, 5.74) is 0. The summed E-state index contributed by atoms with van der Waals surface area (Å²) in [6.07, 6.45) is 0.760. The van der Waals surface area contributed by atoms with E-state index in [1.807, 2.05) is 18.2 Å². The summed E-state index contributed by atoms with van der Waals surface area (Å²) in [5, 5.41) is 0.624. The van der Waals surface area contributed by atoms with E-state index in [0.29, 0.717) is 25.1 Å². The molecule has 1 atom stereocenters. The molecule has 104 valence electrons. The van der Waals surface area contributed by atoms with Gasteiger partial charge in [0.15, 0.2) is 0 Å². The molecule has 0 saturated carbocycles. The molecule has 0 aliphatic carbocycles. The van der Waals surface area contributed by atoms with Gasteiger partial charge in [-0.05, 0) is 25.5 Å². The van der Waals surface area contributed by atoms with Crippen molar-refractivity contribution in [1.29, 1.82) is 0 Å². The van der Waals surface area contributed by atoms with E-state index in [4.69, 9.17) is 9.26 Å². The minimum Gasteiger partial charge on any atom is -0.465 e. The lowest BCUT2D eigenvalue weighted by atomic mass is 10.4. The second kappa shape index (κ2) is 6.33. The average molecular weight is 283 g/mol. The zero-order chi connectivity index (χ0) is 13.7. The second-order valence-electron chi connectivity index (χ2n) is 4.24. The molecule has 0 N–H and O–H groups in total. The van der Waals surface area contributed by atoms with Gasteiger partial charge in [0.25, 0.3) is 0 Å². The second-order valence-corrected chi connectivity index (χ2v) is 6.62. The van der Waals surface area contributed by atoms with Gasteiger partial charge in [0.05, 0.1) is 18.5 Å². The Balaban J connectivity index is 2.20. The van der Waals surface area contributed by atoms with Gasteiger partial charge in [-0.1, -0.05) is 18.2 Å². The Bertz CT molecular complexity index is 477. The molecule has 1 aliphatic heterocycles. The third-order valence-electron chi connectivity index (χ3n) is 2.90. The fraction of sp³-hybridized carbons (Fsp3) is 0.462. The van der Waals surface area contributed by atoms with Crippen LogP contribution in [0.15, 0.2) is 30.3 Å². The van der Waals surface area contributed by atoms with Crippen LogP contribution in [0.1, 0.15) is 13.3 Å². The zero-order valence-corrected chi connectivity index (χ0v) is 11.8. The van der Waals surface area contributed by atoms with Crippen LogP contribution >= 0.6 is 7.52 Å². The van der Waals surface area contributed by atoms with Crippen LogP contribution in [0.4, 0.5) is 0 Å². The van der Waals surface area contributed by atoms with Crippen molar-refractivity contribution in [3.05, 3.63) is 30.3 Å². The number of hydrogen-bond acceptors (Lipinski definition) is 4. The quantitative estimate of drug-likeness (QED) is 0.623. The van der Waals surface area contributed by atoms with Crippen molar-refractivity contribution in [2.45, 2.75) is 13.3 Å². The highest BCUT2D eigenvalue weighted by molar-refractivity contribution is 7.64. The van der Waals surface area contributed by atoms with Crippen LogP contribution in [0.25, 0.3) is 0 Å². The Kier molecular flexibility index (Phi) is 4.75. The van der Waals surface area contributed by atoms with E-state index in [9.17, 15) is 9.36 Å². The van der Waals surface area contributed by atoms with E-state index in [1.54, 1.807) is 23.7 Å². The Labute approximate surface area is 113 Å². The molecule has 1 aromatic rings. The van der Waals surface area contributed by atoms with Crippen molar-refractivity contribution < 1.29 is 18.6 Å². The van der Waals surface area contributed by atoms with Gasteiger partial charge in [0.2, 0.25) is 0 Å². The van der Waals surface area contributed by atoms with Gasteiger partial charge in [-0.15, -0.1) is 0 Å². The Morgan fingerprint density at radius 2 is 2.16 bits per heavy atom. The molecule has 6 heteroatoms. The molecule has 2 rings (SSSR count). The third kappa shape index (κ3) is 3.24. The Morgan fingerprint density at radius 3 is 2.84 bits per heavy atom. The van der Waals surface area contributed by atoms with Crippen molar-refractivity contribution in [3.63, 3.8) is 0 Å². The summed E-state index contributed by atoms with van der Waals surface area (Å²) >= 11 is 0. The molecule has 1 saturated heterocycles. The standard InChI is InChI=1S/C13H18NO4P/c1-2-17-13(15)11-14-9-6-10-18-19(14,16)12-7-4-3-5-8-12/h3-5,7-8H,2,6,9-11H2,1H3. The van der Waals surface area contributed by atoms with Crippen molar-refractivity contribution >= 4 is 18.8 Å². The highest BCUT2D eigenvalue weighted by atomic mass is 31.2. The van der Waals surface area contributed by atoms with Crippen LogP contribution in [-0.4, -0.2) is 36.9 Å². The van der Waals surface area contributed by atoms with Crippen molar-refractivity contribution in [2.75, 3.05) is 26.3 Å². The average Bonchev–Trinajstić information content (AvgIpc) is 2.43. The molecular formula is C13H18NO4P. The summed E-state index contributed by atoms with van der Waals surface area (Å²) in [6, 6.07) is 9.02. The van der Waals surface area contributed by atoms with Gasteiger partial charge in [-0.25, -0.2) is 4.67 Å². The minimum atomic E-state index is -3.12. The fourth-order valence-electron chi connectivity index (χ4n) is 2.03. The Morgan fingerprint density at radius 1 is 1.42 bits per heavy atom. The first-order valence-electron chi connectivity index (χ1n) is 6.38. The molecule has 1 heterocycles. The first-order chi connectivity index (χ1) is 9.16. The first kappa shape index (κ1) is 14.3. The van der Waals surface area contributed by atoms with Crippen molar-refractivity contribution in [2.24, 2.45) is 0 Å². The fourth-order valence-corrected chi connectivity index (χ4v) is 4.30. The molecule has 5 nitrogen and oxygen atoms in total. The highest BCUT2D eigenvalue weighted by Gasteiger charge is 2.37. The number of nitrogens with zero attached hydrogens (tertiary/aromatic N) is 1. The number of hydrogen-bond donors (Lipinski definition) is 0. The predicted molar refractivity (Wildman–Crippen MR) is 72.5 cm³/mol. The lowest BCUT2D eigenvalue weighted by Crippen LogP contribution is -2.37. The zero-order valence-electron chi connectivity index (χ0n) is 10.9. The predicted octanol–water partition coefficient (Wildman–Crippen LogP) is 1.79. The molecular weight excluding hydrogens is 265 g/mol. The van der Waals surface area contributed by atoms with Crippen LogP contribution in [0.5, 0.6) is 0 Å². The summed E-state index contributed by atoms with van der Waals surface area (Å²) in [7, 11) is -3.12. The number of rotatable bonds is 4. The van der Waals surface area contributed by atoms with Gasteiger partial charge in [-0.2, -0.15) is 0 Å². The summed E-state index contributed by atoms with van der Waals surface area (Å²) in [6.45, 7) is 3.10. The summed E-state index contributed by atoms with van der Waals surface area (Å²) in [5.74, 6) is -0.371. The number of carbonyl (C=O) groups is 1. The number of benzene rings is 1. The van der Waals surface area contributed by atoms with Crippen LogP contribution in [0.2, 0.25) is 0 Å². The molecule has 1 unspecified atom stereocenters. The monoisotopic (exact) mass is 283 g/mol. The van der Waals surface area contributed by atoms with Crippen molar-refractivity contribution in [1.82, 2.24) is 4.67 Å². The van der Waals surface area contributed by atoms with Crippen LogP contribution < -0.4 is 5.30 Å². The van der Waals surface area contributed by atoms with E-state index >= 15 is 0 Å². The molecule has 0 spiro atoms. The van der Waals surface area contributed by atoms with E-state index < -0.39 is 7.52 Å². The smallest absolute Gasteiger partial charge is 0.320 e. The maximum atomic E-state index is 13.0. The number of carbonyl (C=O) groups excluding carboxylic acids is 1. The summed E-state index contributed by atoms with van der Waals surface area (Å²) in [4.78, 5) is 11.6. The first-order valence-corrected chi connectivity index (χ1v) is 7.96. The van der Waals surface area contributed by atoms with Crippen LogP contribution in [-0.2, 0) is 18.6 Å². The largest absolute Gasteiger partial charge is 0.465 e. The molecule has 1 aliphatic rings. The van der Waals surface area contributed by atoms with Gasteiger partial charge in [-0.3, -0.25) is 9.36 Å². The summed E-state index contributed by atoms with van der Waals surface area (Å²) < 4.78 is 25.0. The lowest BCUT2D eigenvalue weighted by Gasteiger charge is -2.34. The molecule has 0 amide bonds. The molecule has 0 bridgehead atoms. The van der Waals surface area contributed by atoms with Crippen LogP contribution in [0, 0.1) is 0 Å². The van der Waals surface area contributed by atoms with E-state index in [0.717, 1.165) is 6.42 Å². The number of ether oxygens (including phenoxy) is 1. The molecule has 19 heavy (non-hydrogen) atoms. The normalized spacial score (nSPS) is 24.1. The minimum absolute atomic E-state index is 0.0000120. The maximum Gasteiger partial charge on any atom is 0.320 e. The SMILES string of the molecule is CCOC(=O)CN1CCCOP1(=O)c1ccccc1. The van der Waals surface area contributed by atoms with Crippen molar-refractivity contribution in [3.8, 4) is 0 Å². The van der Waals surface area contributed by atoms with Gasteiger partial charge < -0.3 is 9.26 Å². The highest BCUT2D eigenvalue weighted by Crippen LogP contribution is 2.51. The lowest BCUT2D eigenvalue weighted by molar-refractivity contribution is -0.143. The third-order valence-corrected chi connectivity index (χ3v) is 5.47. The molecule has 1 aromatic carbocycles. The van der Waals surface area contributed by atoms with Crippen LogP contribution in [0.3, 0.4) is 0 Å². The molecule has 0 aromatic heterocycles. The van der Waals surface area contributed by atoms with E-state index in [1.165, 1.54) is 0 Å². The number of esters is 1. The molecule has 1 fully saturated rings. The van der Waals surface area contributed by atoms with Gasteiger partial charge in [0, 0.05) is 6.54 Å². The Hall–Kier alpha value is -1.16. The topological polar surface area (TPSA) is 55.8 Å². The van der Waals surface area contributed by atoms with E-state index in [-0.39, 0.29) is 12.5 Å². The van der Waals surface area contributed by atoms with E-state index in [2.05, 4.69) is 0 Å². The molecule has 0 radical (unpaired) electrons.